The van der Waals surface area contributed by atoms with Gasteiger partial charge in [-0.3, -0.25) is 4.79 Å². The Morgan fingerprint density at radius 1 is 1.50 bits per heavy atom. The average molecular weight is 286 g/mol. The predicted molar refractivity (Wildman–Crippen MR) is 68.0 cm³/mol. The minimum Gasteiger partial charge on any atom is -0.508 e. The number of halogens is 1. The van der Waals surface area contributed by atoms with Crippen LogP contribution in [-0.4, -0.2) is 21.9 Å². The van der Waals surface area contributed by atoms with E-state index in [0.717, 1.165) is 6.42 Å². The van der Waals surface area contributed by atoms with Crippen molar-refractivity contribution in [2.45, 2.75) is 31.1 Å². The van der Waals surface area contributed by atoms with Crippen LogP contribution in [0, 0.1) is 0 Å². The number of nitrogens with one attached hydrogen (secondary N) is 1. The lowest BCUT2D eigenvalue weighted by Crippen LogP contribution is -2.33. The highest BCUT2D eigenvalue weighted by Crippen LogP contribution is 2.12. The minimum atomic E-state index is -0.156. The Hall–Kier alpha value is -1.03. The second-order valence-corrected chi connectivity index (χ2v) is 5.50. The van der Waals surface area contributed by atoms with E-state index in [9.17, 15) is 9.90 Å². The van der Waals surface area contributed by atoms with Crippen LogP contribution in [0.15, 0.2) is 24.3 Å². The molecule has 0 aliphatic rings. The van der Waals surface area contributed by atoms with Crippen molar-refractivity contribution < 1.29 is 9.90 Å². The van der Waals surface area contributed by atoms with Gasteiger partial charge in [0.1, 0.15) is 5.75 Å². The van der Waals surface area contributed by atoms with Gasteiger partial charge in [0.05, 0.1) is 0 Å². The molecule has 2 N–H and O–H groups in total. The quantitative estimate of drug-likeness (QED) is 0.836. The van der Waals surface area contributed by atoms with E-state index in [1.54, 1.807) is 18.2 Å². The number of benzene rings is 1. The molecule has 0 aliphatic carbocycles. The second-order valence-electron chi connectivity index (χ2n) is 3.94. The summed E-state index contributed by atoms with van der Waals surface area (Å²) in [7, 11) is 0. The summed E-state index contributed by atoms with van der Waals surface area (Å²) >= 11 is 3.44. The third-order valence-electron chi connectivity index (χ3n) is 2.16. The number of phenols is 1. The number of amides is 1. The van der Waals surface area contributed by atoms with Crippen LogP contribution in [0.5, 0.6) is 5.75 Å². The van der Waals surface area contributed by atoms with Gasteiger partial charge in [-0.1, -0.05) is 28.9 Å². The van der Waals surface area contributed by atoms with E-state index in [-0.39, 0.29) is 17.7 Å². The summed E-state index contributed by atoms with van der Waals surface area (Å²) in [5, 5.41) is 12.1. The lowest BCUT2D eigenvalue weighted by Gasteiger charge is -2.15. The summed E-state index contributed by atoms with van der Waals surface area (Å²) < 4.78 is 0. The molecule has 4 heteroatoms. The maximum absolute atomic E-state index is 11.8. The van der Waals surface area contributed by atoms with Crippen molar-refractivity contribution in [1.82, 2.24) is 5.32 Å². The molecule has 2 unspecified atom stereocenters. The third kappa shape index (κ3) is 4.23. The van der Waals surface area contributed by atoms with Crippen LogP contribution in [0.4, 0.5) is 0 Å². The molecule has 0 spiro atoms. The number of phenolic OH excluding ortho intramolecular Hbond substituents is 1. The molecule has 88 valence electrons. The molecule has 0 fully saturated rings. The van der Waals surface area contributed by atoms with Gasteiger partial charge in [-0.25, -0.2) is 0 Å². The van der Waals surface area contributed by atoms with Crippen LogP contribution >= 0.6 is 15.9 Å². The Morgan fingerprint density at radius 3 is 2.75 bits per heavy atom. The summed E-state index contributed by atoms with van der Waals surface area (Å²) in [4.78, 5) is 12.1. The number of carbonyl (C=O) groups excluding carboxylic acids is 1. The molecule has 0 aliphatic heterocycles. The van der Waals surface area contributed by atoms with E-state index in [2.05, 4.69) is 21.2 Å². The zero-order chi connectivity index (χ0) is 12.1. The molecule has 0 saturated heterocycles. The Bertz CT molecular complexity index is 366. The molecule has 0 saturated carbocycles. The summed E-state index contributed by atoms with van der Waals surface area (Å²) in [6.45, 7) is 4.00. The highest BCUT2D eigenvalue weighted by Gasteiger charge is 2.11. The summed E-state index contributed by atoms with van der Waals surface area (Å²) in [5.74, 6) is -0.0503. The smallest absolute Gasteiger partial charge is 0.251 e. The third-order valence-corrected chi connectivity index (χ3v) is 2.54. The van der Waals surface area contributed by atoms with Crippen LogP contribution in [0.25, 0.3) is 0 Å². The Labute approximate surface area is 104 Å². The van der Waals surface area contributed by atoms with Crippen molar-refractivity contribution in [3.05, 3.63) is 29.8 Å². The van der Waals surface area contributed by atoms with Crippen molar-refractivity contribution in [3.8, 4) is 5.75 Å². The number of hydrogen-bond donors (Lipinski definition) is 2. The molecule has 0 bridgehead atoms. The van der Waals surface area contributed by atoms with Gasteiger partial charge in [0.15, 0.2) is 0 Å². The highest BCUT2D eigenvalue weighted by molar-refractivity contribution is 9.09. The van der Waals surface area contributed by atoms with Gasteiger partial charge >= 0.3 is 0 Å². The van der Waals surface area contributed by atoms with E-state index in [1.165, 1.54) is 6.07 Å². The van der Waals surface area contributed by atoms with Crippen LogP contribution < -0.4 is 5.32 Å². The second kappa shape index (κ2) is 5.89. The molecule has 3 nitrogen and oxygen atoms in total. The molecular weight excluding hydrogens is 270 g/mol. The van der Waals surface area contributed by atoms with Crippen LogP contribution in [0.2, 0.25) is 0 Å². The average Bonchev–Trinajstić information content (AvgIpc) is 2.16. The zero-order valence-electron chi connectivity index (χ0n) is 9.40. The van der Waals surface area contributed by atoms with E-state index >= 15 is 0 Å². The van der Waals surface area contributed by atoms with Crippen LogP contribution in [0.3, 0.4) is 0 Å². The number of hydrogen-bond acceptors (Lipinski definition) is 2. The molecule has 1 aromatic rings. The molecule has 1 aromatic carbocycles. The molecule has 1 amide bonds. The number of alkyl halides is 1. The maximum atomic E-state index is 11.8. The first-order valence-corrected chi connectivity index (χ1v) is 6.14. The van der Waals surface area contributed by atoms with Gasteiger partial charge in [0.2, 0.25) is 0 Å². The first-order chi connectivity index (χ1) is 7.49. The predicted octanol–water partition coefficient (Wildman–Crippen LogP) is 2.68. The van der Waals surface area contributed by atoms with Gasteiger partial charge in [0, 0.05) is 16.4 Å². The molecular formula is C12H16BrNO2. The maximum Gasteiger partial charge on any atom is 0.251 e. The zero-order valence-corrected chi connectivity index (χ0v) is 11.0. The van der Waals surface area contributed by atoms with E-state index in [0.29, 0.717) is 10.4 Å². The summed E-state index contributed by atoms with van der Waals surface area (Å²) in [5.41, 5.74) is 0.481. The molecule has 16 heavy (non-hydrogen) atoms. The molecule has 2 atom stereocenters. The topological polar surface area (TPSA) is 49.3 Å². The highest BCUT2D eigenvalue weighted by atomic mass is 79.9. The minimum absolute atomic E-state index is 0.101. The van der Waals surface area contributed by atoms with Gasteiger partial charge in [-0.05, 0) is 31.5 Å². The normalized spacial score (nSPS) is 14.2. The Balaban J connectivity index is 2.59. The summed E-state index contributed by atoms with van der Waals surface area (Å²) in [6, 6.07) is 6.44. The van der Waals surface area contributed by atoms with E-state index in [4.69, 9.17) is 0 Å². The Morgan fingerprint density at radius 2 is 2.19 bits per heavy atom. The fourth-order valence-electron chi connectivity index (χ4n) is 1.50. The Kier molecular flexibility index (Phi) is 4.80. The molecule has 0 aromatic heterocycles. The monoisotopic (exact) mass is 285 g/mol. The van der Waals surface area contributed by atoms with Crippen molar-refractivity contribution >= 4 is 21.8 Å². The van der Waals surface area contributed by atoms with E-state index in [1.807, 2.05) is 13.8 Å². The first kappa shape index (κ1) is 13.0. The summed E-state index contributed by atoms with van der Waals surface area (Å²) in [6.07, 6.45) is 0.866. The first-order valence-electron chi connectivity index (χ1n) is 5.23. The van der Waals surface area contributed by atoms with Crippen molar-refractivity contribution in [3.63, 3.8) is 0 Å². The van der Waals surface area contributed by atoms with Crippen molar-refractivity contribution in [1.29, 1.82) is 0 Å². The van der Waals surface area contributed by atoms with Gasteiger partial charge in [-0.2, -0.15) is 0 Å². The molecule has 0 radical (unpaired) electrons. The standard InChI is InChI=1S/C12H16BrNO2/c1-8(13)6-9(2)14-12(16)10-4-3-5-11(15)7-10/h3-5,7-9,15H,6H2,1-2H3,(H,14,16). The lowest BCUT2D eigenvalue weighted by atomic mass is 10.1. The van der Waals surface area contributed by atoms with Gasteiger partial charge in [-0.15, -0.1) is 0 Å². The SMILES string of the molecule is CC(Br)CC(C)NC(=O)c1cccc(O)c1. The van der Waals surface area contributed by atoms with Gasteiger partial charge < -0.3 is 10.4 Å². The van der Waals surface area contributed by atoms with E-state index < -0.39 is 0 Å². The fraction of sp³-hybridized carbons (Fsp3) is 0.417. The van der Waals surface area contributed by atoms with Gasteiger partial charge in [0.25, 0.3) is 5.91 Å². The molecule has 0 heterocycles. The molecule has 1 rings (SSSR count). The van der Waals surface area contributed by atoms with Crippen molar-refractivity contribution in [2.24, 2.45) is 0 Å². The number of carbonyl (C=O) groups is 1. The lowest BCUT2D eigenvalue weighted by molar-refractivity contribution is 0.0938. The van der Waals surface area contributed by atoms with Crippen LogP contribution in [0.1, 0.15) is 30.6 Å². The largest absolute Gasteiger partial charge is 0.508 e. The fourth-order valence-corrected chi connectivity index (χ4v) is 2.06. The van der Waals surface area contributed by atoms with Crippen molar-refractivity contribution in [2.75, 3.05) is 0 Å². The number of rotatable bonds is 4. The van der Waals surface area contributed by atoms with Crippen LogP contribution in [-0.2, 0) is 0 Å². The number of aromatic hydroxyl groups is 1.